The molecule has 0 saturated carbocycles. The lowest BCUT2D eigenvalue weighted by molar-refractivity contribution is 0.766. The van der Waals surface area contributed by atoms with Crippen LogP contribution in [-0.2, 0) is 7.05 Å². The largest absolute Gasteiger partial charge is 0.275 e. The van der Waals surface area contributed by atoms with Crippen molar-refractivity contribution in [3.05, 3.63) is 22.4 Å². The Morgan fingerprint density at radius 1 is 1.62 bits per heavy atom. The molecule has 0 unspecified atom stereocenters. The third kappa shape index (κ3) is 2.32. The van der Waals surface area contributed by atoms with Crippen LogP contribution >= 0.6 is 39.0 Å². The van der Waals surface area contributed by atoms with E-state index < -0.39 is 0 Å². The van der Waals surface area contributed by atoms with Crippen molar-refractivity contribution in [2.45, 2.75) is 9.24 Å². The highest BCUT2D eigenvalue weighted by atomic mass is 79.9. The van der Waals surface area contributed by atoms with E-state index in [0.717, 1.165) is 13.8 Å². The van der Waals surface area contributed by atoms with E-state index in [0.29, 0.717) is 0 Å². The molecular formula is C7H6BrN3S2. The number of hydrogen-bond donors (Lipinski definition) is 0. The summed E-state index contributed by atoms with van der Waals surface area (Å²) < 4.78 is 3.70. The third-order valence-electron chi connectivity index (χ3n) is 1.34. The molecule has 0 amide bonds. The van der Waals surface area contributed by atoms with E-state index in [9.17, 15) is 0 Å². The van der Waals surface area contributed by atoms with Crippen molar-refractivity contribution in [1.29, 1.82) is 0 Å². The summed E-state index contributed by atoms with van der Waals surface area (Å²) in [6.07, 6.45) is 3.81. The van der Waals surface area contributed by atoms with Crippen LogP contribution in [0.5, 0.6) is 0 Å². The fraction of sp³-hybridized carbons (Fsp3) is 0.143. The van der Waals surface area contributed by atoms with Crippen LogP contribution in [0, 0.1) is 0 Å². The van der Waals surface area contributed by atoms with E-state index in [1.807, 2.05) is 24.8 Å². The molecule has 0 N–H and O–H groups in total. The number of aromatic nitrogens is 3. The molecule has 2 aromatic heterocycles. The Balaban J connectivity index is 2.14. The first kappa shape index (κ1) is 9.23. The predicted octanol–water partition coefficient (Wildman–Crippen LogP) is 2.79. The van der Waals surface area contributed by atoms with Gasteiger partial charge in [-0.25, -0.2) is 4.98 Å². The summed E-state index contributed by atoms with van der Waals surface area (Å²) in [6, 6.07) is 0. The first-order valence-corrected chi connectivity index (χ1v) is 6.00. The first-order chi connectivity index (χ1) is 6.24. The average molecular weight is 276 g/mol. The van der Waals surface area contributed by atoms with Crippen molar-refractivity contribution >= 4 is 39.0 Å². The molecular weight excluding hydrogens is 270 g/mol. The van der Waals surface area contributed by atoms with Crippen molar-refractivity contribution in [2.24, 2.45) is 7.05 Å². The maximum absolute atomic E-state index is 4.28. The van der Waals surface area contributed by atoms with Gasteiger partial charge in [-0.1, -0.05) is 11.8 Å². The van der Waals surface area contributed by atoms with Crippen molar-refractivity contribution < 1.29 is 0 Å². The average Bonchev–Trinajstić information content (AvgIpc) is 2.62. The molecule has 0 spiro atoms. The SMILES string of the molecule is Cn1cc(Sc2nc(Br)cs2)cn1. The minimum atomic E-state index is 0.892. The second-order valence-electron chi connectivity index (χ2n) is 2.39. The third-order valence-corrected chi connectivity index (χ3v) is 3.94. The van der Waals surface area contributed by atoms with E-state index in [1.54, 1.807) is 27.8 Å². The van der Waals surface area contributed by atoms with Gasteiger partial charge in [0.2, 0.25) is 0 Å². The van der Waals surface area contributed by atoms with E-state index in [-0.39, 0.29) is 0 Å². The molecule has 0 saturated heterocycles. The lowest BCUT2D eigenvalue weighted by Crippen LogP contribution is -1.83. The maximum atomic E-state index is 4.28. The number of halogens is 1. The molecule has 0 bridgehead atoms. The first-order valence-electron chi connectivity index (χ1n) is 3.51. The number of hydrogen-bond acceptors (Lipinski definition) is 4. The highest BCUT2D eigenvalue weighted by Crippen LogP contribution is 2.30. The van der Waals surface area contributed by atoms with E-state index in [4.69, 9.17) is 0 Å². The molecule has 0 aliphatic carbocycles. The Morgan fingerprint density at radius 2 is 2.46 bits per heavy atom. The van der Waals surface area contributed by atoms with Crippen LogP contribution in [0.2, 0.25) is 0 Å². The standard InChI is InChI=1S/C7H6BrN3S2/c1-11-3-5(2-9-11)13-7-10-6(8)4-12-7/h2-4H,1H3. The molecule has 68 valence electrons. The van der Waals surface area contributed by atoms with E-state index in [1.165, 1.54) is 0 Å². The molecule has 2 heterocycles. The fourth-order valence-electron chi connectivity index (χ4n) is 0.838. The minimum Gasteiger partial charge on any atom is -0.275 e. The molecule has 0 aliphatic rings. The predicted molar refractivity (Wildman–Crippen MR) is 57.1 cm³/mol. The Morgan fingerprint density at radius 3 is 3.00 bits per heavy atom. The van der Waals surface area contributed by atoms with Crippen LogP contribution in [0.25, 0.3) is 0 Å². The van der Waals surface area contributed by atoms with Gasteiger partial charge in [-0.2, -0.15) is 5.10 Å². The molecule has 3 nitrogen and oxygen atoms in total. The van der Waals surface area contributed by atoms with Crippen molar-refractivity contribution in [3.63, 3.8) is 0 Å². The molecule has 6 heteroatoms. The highest BCUT2D eigenvalue weighted by Gasteiger charge is 2.03. The van der Waals surface area contributed by atoms with Crippen LogP contribution in [0.15, 0.2) is 31.6 Å². The Hall–Kier alpha value is -0.330. The summed E-state index contributed by atoms with van der Waals surface area (Å²) in [5.74, 6) is 0. The van der Waals surface area contributed by atoms with Crippen molar-refractivity contribution in [2.75, 3.05) is 0 Å². The summed E-state index contributed by atoms with van der Waals surface area (Å²) in [4.78, 5) is 5.39. The van der Waals surface area contributed by atoms with Gasteiger partial charge < -0.3 is 0 Å². The Labute approximate surface area is 92.3 Å². The van der Waals surface area contributed by atoms with Gasteiger partial charge in [-0.15, -0.1) is 11.3 Å². The summed E-state index contributed by atoms with van der Waals surface area (Å²) in [7, 11) is 1.90. The topological polar surface area (TPSA) is 30.7 Å². The van der Waals surface area contributed by atoms with Crippen molar-refractivity contribution in [1.82, 2.24) is 14.8 Å². The highest BCUT2D eigenvalue weighted by molar-refractivity contribution is 9.10. The molecule has 2 rings (SSSR count). The summed E-state index contributed by atoms with van der Waals surface area (Å²) in [6.45, 7) is 0. The van der Waals surface area contributed by atoms with E-state index >= 15 is 0 Å². The van der Waals surface area contributed by atoms with Crippen LogP contribution in [0.3, 0.4) is 0 Å². The summed E-state index contributed by atoms with van der Waals surface area (Å²) in [5, 5.41) is 6.05. The monoisotopic (exact) mass is 275 g/mol. The summed E-state index contributed by atoms with van der Waals surface area (Å²) >= 11 is 6.56. The van der Waals surface area contributed by atoms with Gasteiger partial charge >= 0.3 is 0 Å². The van der Waals surface area contributed by atoms with Gasteiger partial charge in [0.05, 0.1) is 11.1 Å². The van der Waals surface area contributed by atoms with Crippen LogP contribution in [0.4, 0.5) is 0 Å². The zero-order valence-electron chi connectivity index (χ0n) is 6.77. The molecule has 0 aliphatic heterocycles. The summed E-state index contributed by atoms with van der Waals surface area (Å²) in [5.41, 5.74) is 0. The zero-order valence-corrected chi connectivity index (χ0v) is 9.99. The van der Waals surface area contributed by atoms with Gasteiger partial charge in [0.25, 0.3) is 0 Å². The zero-order chi connectivity index (χ0) is 9.26. The normalized spacial score (nSPS) is 10.6. The lowest BCUT2D eigenvalue weighted by Gasteiger charge is -1.88. The molecule has 13 heavy (non-hydrogen) atoms. The molecule has 2 aromatic rings. The van der Waals surface area contributed by atoms with Crippen molar-refractivity contribution in [3.8, 4) is 0 Å². The lowest BCUT2D eigenvalue weighted by atomic mass is 10.7. The minimum absolute atomic E-state index is 0.892. The van der Waals surface area contributed by atoms with Crippen LogP contribution < -0.4 is 0 Å². The molecule has 0 radical (unpaired) electrons. The Kier molecular flexibility index (Phi) is 2.71. The number of nitrogens with zero attached hydrogens (tertiary/aromatic N) is 3. The van der Waals surface area contributed by atoms with Gasteiger partial charge in [-0.3, -0.25) is 4.68 Å². The molecule has 0 fully saturated rings. The van der Waals surface area contributed by atoms with E-state index in [2.05, 4.69) is 26.0 Å². The maximum Gasteiger partial charge on any atom is 0.156 e. The number of aryl methyl sites for hydroxylation is 1. The quantitative estimate of drug-likeness (QED) is 0.845. The molecule has 0 aromatic carbocycles. The fourth-order valence-corrected chi connectivity index (χ4v) is 3.21. The van der Waals surface area contributed by atoms with Crippen LogP contribution in [-0.4, -0.2) is 14.8 Å². The van der Waals surface area contributed by atoms with Gasteiger partial charge in [0.1, 0.15) is 4.60 Å². The Bertz CT molecular complexity index is 371. The molecule has 0 atom stereocenters. The van der Waals surface area contributed by atoms with Gasteiger partial charge in [0.15, 0.2) is 4.34 Å². The number of rotatable bonds is 2. The van der Waals surface area contributed by atoms with Gasteiger partial charge in [-0.05, 0) is 15.9 Å². The van der Waals surface area contributed by atoms with Gasteiger partial charge in [0, 0.05) is 18.6 Å². The number of thiazole rings is 1. The second kappa shape index (κ2) is 3.81. The van der Waals surface area contributed by atoms with Crippen LogP contribution in [0.1, 0.15) is 0 Å². The smallest absolute Gasteiger partial charge is 0.156 e. The second-order valence-corrected chi connectivity index (χ2v) is 5.38.